The van der Waals surface area contributed by atoms with Crippen LogP contribution in [0, 0.1) is 5.92 Å². The molecule has 2 heterocycles. The molecular formula is C16H18N2O3. The van der Waals surface area contributed by atoms with Gasteiger partial charge in [0, 0.05) is 24.5 Å². The molecule has 0 radical (unpaired) electrons. The van der Waals surface area contributed by atoms with E-state index in [0.717, 1.165) is 12.8 Å². The number of pyridine rings is 1. The van der Waals surface area contributed by atoms with Gasteiger partial charge in [-0.2, -0.15) is 0 Å². The molecule has 1 aliphatic heterocycles. The maximum Gasteiger partial charge on any atom is 0.270 e. The first kappa shape index (κ1) is 13.7. The number of rotatable bonds is 1. The molecule has 3 rings (SSSR count). The summed E-state index contributed by atoms with van der Waals surface area (Å²) in [6, 6.07) is 6.06. The van der Waals surface area contributed by atoms with Gasteiger partial charge in [0.15, 0.2) is 5.43 Å². The number of piperidine rings is 1. The number of carbonyl (C=O) groups is 1. The zero-order valence-corrected chi connectivity index (χ0v) is 11.9. The fourth-order valence-electron chi connectivity index (χ4n) is 2.75. The van der Waals surface area contributed by atoms with E-state index in [0.29, 0.717) is 29.9 Å². The van der Waals surface area contributed by atoms with E-state index >= 15 is 0 Å². The van der Waals surface area contributed by atoms with Crippen LogP contribution in [0.15, 0.2) is 29.1 Å². The van der Waals surface area contributed by atoms with Crippen molar-refractivity contribution in [1.82, 2.24) is 9.88 Å². The second-order valence-corrected chi connectivity index (χ2v) is 5.72. The second-order valence-electron chi connectivity index (χ2n) is 5.72. The fraction of sp³-hybridized carbons (Fsp3) is 0.375. The minimum atomic E-state index is -0.256. The zero-order valence-electron chi connectivity index (χ0n) is 11.9. The highest BCUT2D eigenvalue weighted by molar-refractivity contribution is 5.95. The largest absolute Gasteiger partial charge is 0.506 e. The summed E-state index contributed by atoms with van der Waals surface area (Å²) < 4.78 is 0. The minimum Gasteiger partial charge on any atom is -0.506 e. The lowest BCUT2D eigenvalue weighted by Gasteiger charge is -2.30. The first-order valence-corrected chi connectivity index (χ1v) is 7.20. The zero-order chi connectivity index (χ0) is 15.0. The molecule has 1 aromatic carbocycles. The van der Waals surface area contributed by atoms with Crippen molar-refractivity contribution in [2.75, 3.05) is 13.1 Å². The molecule has 5 heteroatoms. The molecule has 0 aliphatic carbocycles. The van der Waals surface area contributed by atoms with Crippen LogP contribution in [-0.2, 0) is 0 Å². The van der Waals surface area contributed by atoms with Crippen molar-refractivity contribution in [1.29, 1.82) is 0 Å². The highest BCUT2D eigenvalue weighted by Crippen LogP contribution is 2.21. The number of nitrogens with one attached hydrogen (secondary N) is 1. The summed E-state index contributed by atoms with van der Waals surface area (Å²) in [6.07, 6.45) is 1.96. The quantitative estimate of drug-likeness (QED) is 0.843. The Morgan fingerprint density at radius 2 is 2.05 bits per heavy atom. The van der Waals surface area contributed by atoms with Gasteiger partial charge < -0.3 is 15.0 Å². The van der Waals surface area contributed by atoms with E-state index in [-0.39, 0.29) is 22.8 Å². The lowest BCUT2D eigenvalue weighted by molar-refractivity contribution is 0.0691. The van der Waals surface area contributed by atoms with Gasteiger partial charge in [-0.25, -0.2) is 0 Å². The van der Waals surface area contributed by atoms with E-state index in [1.165, 1.54) is 12.1 Å². The number of nitrogens with zero attached hydrogens (tertiary/aromatic N) is 1. The van der Waals surface area contributed by atoms with Gasteiger partial charge in [0.2, 0.25) is 0 Å². The third-order valence-electron chi connectivity index (χ3n) is 4.14. The number of amides is 1. The molecule has 0 saturated carbocycles. The molecule has 110 valence electrons. The predicted molar refractivity (Wildman–Crippen MR) is 80.5 cm³/mol. The Hall–Kier alpha value is -2.30. The number of benzene rings is 1. The van der Waals surface area contributed by atoms with E-state index < -0.39 is 0 Å². The molecule has 0 unspecified atom stereocenters. The van der Waals surface area contributed by atoms with Crippen molar-refractivity contribution in [3.63, 3.8) is 0 Å². The van der Waals surface area contributed by atoms with E-state index in [1.54, 1.807) is 17.0 Å². The van der Waals surface area contributed by atoms with Crippen LogP contribution in [0.2, 0.25) is 0 Å². The summed E-state index contributed by atoms with van der Waals surface area (Å²) >= 11 is 0. The standard InChI is InChI=1S/C16H18N2O3/c1-10-5-7-18(8-6-10)16(21)12-9-14(20)11-3-2-4-13(19)15(11)17-12/h2-4,9-10,19H,5-8H2,1H3,(H,17,20). The van der Waals surface area contributed by atoms with Crippen LogP contribution in [0.25, 0.3) is 10.9 Å². The topological polar surface area (TPSA) is 73.4 Å². The first-order chi connectivity index (χ1) is 10.1. The molecular weight excluding hydrogens is 268 g/mol. The average Bonchev–Trinajstić information content (AvgIpc) is 2.48. The number of aromatic hydroxyl groups is 1. The lowest BCUT2D eigenvalue weighted by atomic mass is 9.99. The predicted octanol–water partition coefficient (Wildman–Crippen LogP) is 2.11. The van der Waals surface area contributed by atoms with Crippen molar-refractivity contribution < 1.29 is 9.90 Å². The number of H-pyrrole nitrogens is 1. The molecule has 21 heavy (non-hydrogen) atoms. The van der Waals surface area contributed by atoms with Gasteiger partial charge in [0.1, 0.15) is 11.4 Å². The molecule has 1 amide bonds. The van der Waals surface area contributed by atoms with Crippen LogP contribution >= 0.6 is 0 Å². The molecule has 1 aromatic heterocycles. The van der Waals surface area contributed by atoms with E-state index in [4.69, 9.17) is 0 Å². The Morgan fingerprint density at radius 1 is 1.33 bits per heavy atom. The minimum absolute atomic E-state index is 0.0217. The second kappa shape index (κ2) is 5.24. The fourth-order valence-corrected chi connectivity index (χ4v) is 2.75. The molecule has 2 aromatic rings. The van der Waals surface area contributed by atoms with Crippen LogP contribution < -0.4 is 5.43 Å². The normalized spacial score (nSPS) is 16.3. The van der Waals surface area contributed by atoms with Crippen molar-refractivity contribution in [3.8, 4) is 5.75 Å². The maximum absolute atomic E-state index is 12.5. The van der Waals surface area contributed by atoms with E-state index in [9.17, 15) is 14.7 Å². The number of fused-ring (bicyclic) bond motifs is 1. The van der Waals surface area contributed by atoms with Crippen molar-refractivity contribution >= 4 is 16.8 Å². The number of aromatic amines is 1. The van der Waals surface area contributed by atoms with E-state index in [2.05, 4.69) is 11.9 Å². The molecule has 0 spiro atoms. The Morgan fingerprint density at radius 3 is 2.76 bits per heavy atom. The van der Waals surface area contributed by atoms with Crippen molar-refractivity contribution in [3.05, 3.63) is 40.2 Å². The first-order valence-electron chi connectivity index (χ1n) is 7.20. The highest BCUT2D eigenvalue weighted by atomic mass is 16.3. The number of para-hydroxylation sites is 1. The van der Waals surface area contributed by atoms with Gasteiger partial charge in [-0.3, -0.25) is 9.59 Å². The van der Waals surface area contributed by atoms with Crippen molar-refractivity contribution in [2.45, 2.75) is 19.8 Å². The van der Waals surface area contributed by atoms with Crippen molar-refractivity contribution in [2.24, 2.45) is 5.92 Å². The highest BCUT2D eigenvalue weighted by Gasteiger charge is 2.22. The third kappa shape index (κ3) is 2.51. The molecule has 5 nitrogen and oxygen atoms in total. The molecule has 1 aliphatic rings. The number of aromatic nitrogens is 1. The summed E-state index contributed by atoms with van der Waals surface area (Å²) in [7, 11) is 0. The SMILES string of the molecule is CC1CCN(C(=O)c2cc(=O)c3cccc(O)c3[nH]2)CC1. The van der Waals surface area contributed by atoms with Crippen LogP contribution in [0.4, 0.5) is 0 Å². The summed E-state index contributed by atoms with van der Waals surface area (Å²) in [5.74, 6) is 0.435. The Balaban J connectivity index is 1.99. The number of carbonyl (C=O) groups excluding carboxylic acids is 1. The van der Waals surface area contributed by atoms with Gasteiger partial charge in [0.05, 0.1) is 5.52 Å². The smallest absolute Gasteiger partial charge is 0.270 e. The number of hydrogen-bond donors (Lipinski definition) is 2. The third-order valence-corrected chi connectivity index (χ3v) is 4.14. The number of likely N-dealkylation sites (tertiary alicyclic amines) is 1. The molecule has 1 fully saturated rings. The summed E-state index contributed by atoms with van der Waals surface area (Å²) in [4.78, 5) is 29.2. The molecule has 2 N–H and O–H groups in total. The van der Waals surface area contributed by atoms with Gasteiger partial charge in [-0.05, 0) is 30.9 Å². The maximum atomic E-state index is 12.5. The van der Waals surface area contributed by atoms with Crippen LogP contribution in [-0.4, -0.2) is 34.0 Å². The Bertz CT molecular complexity index is 743. The Labute approximate surface area is 122 Å². The molecule has 0 bridgehead atoms. The number of hydrogen-bond acceptors (Lipinski definition) is 3. The van der Waals surface area contributed by atoms with Crippen LogP contribution in [0.5, 0.6) is 5.75 Å². The summed E-state index contributed by atoms with van der Waals surface area (Å²) in [6.45, 7) is 3.60. The molecule has 0 atom stereocenters. The van der Waals surface area contributed by atoms with Crippen LogP contribution in [0.3, 0.4) is 0 Å². The average molecular weight is 286 g/mol. The monoisotopic (exact) mass is 286 g/mol. The Kier molecular flexibility index (Phi) is 3.41. The lowest BCUT2D eigenvalue weighted by Crippen LogP contribution is -2.38. The van der Waals surface area contributed by atoms with Gasteiger partial charge in [0.25, 0.3) is 5.91 Å². The van der Waals surface area contributed by atoms with Crippen LogP contribution in [0.1, 0.15) is 30.3 Å². The number of phenolic OH excluding ortho intramolecular Hbond substituents is 1. The number of phenols is 1. The van der Waals surface area contributed by atoms with Gasteiger partial charge in [-0.1, -0.05) is 13.0 Å². The summed E-state index contributed by atoms with van der Waals surface area (Å²) in [5.41, 5.74) is 0.302. The van der Waals surface area contributed by atoms with E-state index in [1.807, 2.05) is 0 Å². The summed E-state index contributed by atoms with van der Waals surface area (Å²) in [5, 5.41) is 10.2. The van der Waals surface area contributed by atoms with Gasteiger partial charge in [-0.15, -0.1) is 0 Å². The van der Waals surface area contributed by atoms with Gasteiger partial charge >= 0.3 is 0 Å². The molecule has 1 saturated heterocycles.